The van der Waals surface area contributed by atoms with E-state index in [1.807, 2.05) is 6.07 Å². The molecule has 1 fully saturated rings. The summed E-state index contributed by atoms with van der Waals surface area (Å²) in [5, 5.41) is 15.8. The minimum absolute atomic E-state index is 0.157. The number of phenols is 1. The molecule has 33 heavy (non-hydrogen) atoms. The van der Waals surface area contributed by atoms with Crippen molar-refractivity contribution in [2.45, 2.75) is 17.7 Å². The number of hydrogen-bond donors (Lipinski definition) is 3. The highest BCUT2D eigenvalue weighted by Crippen LogP contribution is 2.22. The number of anilines is 4. The van der Waals surface area contributed by atoms with E-state index >= 15 is 0 Å². The molecule has 9 nitrogen and oxygen atoms in total. The SMILES string of the molecule is CN(CCN1CCCC1)S(=O)(=O)c1ccc(Nc2nccc(Nc3cccc(O)c3)n2)cc1. The number of likely N-dealkylation sites (tertiary alicyclic amines) is 1. The monoisotopic (exact) mass is 468 g/mol. The van der Waals surface area contributed by atoms with Gasteiger partial charge in [0.15, 0.2) is 0 Å². The fourth-order valence-corrected chi connectivity index (χ4v) is 4.81. The molecule has 1 saturated heterocycles. The van der Waals surface area contributed by atoms with Crippen LogP contribution in [0.2, 0.25) is 0 Å². The van der Waals surface area contributed by atoms with Gasteiger partial charge in [0, 0.05) is 43.8 Å². The number of aromatic hydroxyl groups is 1. The third-order valence-electron chi connectivity index (χ3n) is 5.52. The van der Waals surface area contributed by atoms with E-state index in [4.69, 9.17) is 0 Å². The van der Waals surface area contributed by atoms with E-state index in [1.165, 1.54) is 17.1 Å². The van der Waals surface area contributed by atoms with Gasteiger partial charge in [-0.3, -0.25) is 0 Å². The molecule has 0 bridgehead atoms. The molecule has 2 aromatic carbocycles. The molecular formula is C23H28N6O3S. The molecule has 0 spiro atoms. The summed E-state index contributed by atoms with van der Waals surface area (Å²) >= 11 is 0. The first kappa shape index (κ1) is 23.0. The maximum atomic E-state index is 12.9. The molecule has 1 aliphatic heterocycles. The summed E-state index contributed by atoms with van der Waals surface area (Å²) in [6, 6.07) is 15.0. The van der Waals surface area contributed by atoms with Gasteiger partial charge in [-0.25, -0.2) is 13.4 Å². The van der Waals surface area contributed by atoms with Gasteiger partial charge in [-0.1, -0.05) is 6.07 Å². The molecule has 0 saturated carbocycles. The van der Waals surface area contributed by atoms with E-state index in [1.54, 1.807) is 61.8 Å². The predicted octanol–water partition coefficient (Wildman–Crippen LogP) is 3.39. The lowest BCUT2D eigenvalue weighted by Gasteiger charge is -2.21. The lowest BCUT2D eigenvalue weighted by Crippen LogP contribution is -2.35. The molecule has 0 amide bonds. The normalized spacial score (nSPS) is 14.5. The predicted molar refractivity (Wildman–Crippen MR) is 129 cm³/mol. The highest BCUT2D eigenvalue weighted by molar-refractivity contribution is 7.89. The van der Waals surface area contributed by atoms with Crippen molar-refractivity contribution in [1.82, 2.24) is 19.2 Å². The molecule has 4 rings (SSSR count). The highest BCUT2D eigenvalue weighted by Gasteiger charge is 2.22. The van der Waals surface area contributed by atoms with Crippen LogP contribution in [0, 0.1) is 0 Å². The van der Waals surface area contributed by atoms with Crippen LogP contribution in [0.25, 0.3) is 0 Å². The molecule has 3 N–H and O–H groups in total. The van der Waals surface area contributed by atoms with E-state index in [0.717, 1.165) is 19.6 Å². The van der Waals surface area contributed by atoms with Gasteiger partial charge in [0.2, 0.25) is 16.0 Å². The first-order valence-electron chi connectivity index (χ1n) is 10.8. The van der Waals surface area contributed by atoms with Crippen LogP contribution in [-0.4, -0.2) is 65.9 Å². The topological polar surface area (TPSA) is 111 Å². The van der Waals surface area contributed by atoms with Crippen molar-refractivity contribution in [2.75, 3.05) is 43.9 Å². The minimum Gasteiger partial charge on any atom is -0.508 e. The van der Waals surface area contributed by atoms with Crippen molar-refractivity contribution in [3.8, 4) is 5.75 Å². The van der Waals surface area contributed by atoms with Gasteiger partial charge in [-0.15, -0.1) is 0 Å². The summed E-state index contributed by atoms with van der Waals surface area (Å²) in [6.45, 7) is 3.30. The molecular weight excluding hydrogens is 440 g/mol. The Labute approximate surface area is 194 Å². The molecule has 0 aliphatic carbocycles. The summed E-state index contributed by atoms with van der Waals surface area (Å²) in [6.07, 6.45) is 3.97. The number of aromatic nitrogens is 2. The van der Waals surface area contributed by atoms with Crippen LogP contribution < -0.4 is 10.6 Å². The molecule has 3 aromatic rings. The third-order valence-corrected chi connectivity index (χ3v) is 7.39. The maximum absolute atomic E-state index is 12.9. The van der Waals surface area contributed by atoms with Gasteiger partial charge in [0.05, 0.1) is 4.90 Å². The first-order valence-corrected chi connectivity index (χ1v) is 12.3. The number of benzene rings is 2. The summed E-state index contributed by atoms with van der Waals surface area (Å²) in [5.74, 6) is 1.07. The average Bonchev–Trinajstić information content (AvgIpc) is 3.32. The summed E-state index contributed by atoms with van der Waals surface area (Å²) in [7, 11) is -1.93. The summed E-state index contributed by atoms with van der Waals surface area (Å²) < 4.78 is 27.2. The number of nitrogens with zero attached hydrogens (tertiary/aromatic N) is 4. The maximum Gasteiger partial charge on any atom is 0.242 e. The van der Waals surface area contributed by atoms with E-state index in [-0.39, 0.29) is 10.6 Å². The molecule has 174 valence electrons. The number of phenolic OH excluding ortho intramolecular Hbond substituents is 1. The molecule has 2 heterocycles. The van der Waals surface area contributed by atoms with Crippen LogP contribution in [0.1, 0.15) is 12.8 Å². The number of hydrogen-bond acceptors (Lipinski definition) is 8. The van der Waals surface area contributed by atoms with E-state index in [0.29, 0.717) is 29.7 Å². The Hall–Kier alpha value is -3.21. The van der Waals surface area contributed by atoms with Crippen LogP contribution in [0.15, 0.2) is 65.7 Å². The zero-order valence-electron chi connectivity index (χ0n) is 18.5. The highest BCUT2D eigenvalue weighted by atomic mass is 32.2. The second kappa shape index (κ2) is 10.2. The van der Waals surface area contributed by atoms with Gasteiger partial charge >= 0.3 is 0 Å². The average molecular weight is 469 g/mol. The van der Waals surface area contributed by atoms with Crippen molar-refractivity contribution < 1.29 is 13.5 Å². The van der Waals surface area contributed by atoms with Crippen LogP contribution >= 0.6 is 0 Å². The fourth-order valence-electron chi connectivity index (χ4n) is 3.65. The van der Waals surface area contributed by atoms with Gasteiger partial charge < -0.3 is 20.6 Å². The Morgan fingerprint density at radius 3 is 2.52 bits per heavy atom. The van der Waals surface area contributed by atoms with Crippen molar-refractivity contribution in [2.24, 2.45) is 0 Å². The number of nitrogens with one attached hydrogen (secondary N) is 2. The van der Waals surface area contributed by atoms with Crippen molar-refractivity contribution in [3.05, 3.63) is 60.8 Å². The first-order chi connectivity index (χ1) is 15.9. The zero-order valence-corrected chi connectivity index (χ0v) is 19.3. The smallest absolute Gasteiger partial charge is 0.242 e. The Bertz CT molecular complexity index is 1180. The van der Waals surface area contributed by atoms with Crippen LogP contribution in [0.5, 0.6) is 5.75 Å². The van der Waals surface area contributed by atoms with Gasteiger partial charge in [-0.2, -0.15) is 9.29 Å². The summed E-state index contributed by atoms with van der Waals surface area (Å²) in [5.41, 5.74) is 1.37. The van der Waals surface area contributed by atoms with Crippen molar-refractivity contribution >= 4 is 33.2 Å². The second-order valence-electron chi connectivity index (χ2n) is 7.97. The number of sulfonamides is 1. The van der Waals surface area contributed by atoms with Crippen molar-refractivity contribution in [3.63, 3.8) is 0 Å². The van der Waals surface area contributed by atoms with Crippen LogP contribution in [-0.2, 0) is 10.0 Å². The standard InChI is InChI=1S/C23H28N6O3S/c1-28(15-16-29-13-2-3-14-29)33(31,32)21-9-7-18(8-10-21)26-23-24-12-11-22(27-23)25-19-5-4-6-20(30)17-19/h4-12,17,30H,2-3,13-16H2,1H3,(H2,24,25,26,27). The van der Waals surface area contributed by atoms with Crippen LogP contribution in [0.4, 0.5) is 23.1 Å². The molecule has 0 radical (unpaired) electrons. The molecule has 0 atom stereocenters. The molecule has 0 unspecified atom stereocenters. The Morgan fingerprint density at radius 2 is 1.79 bits per heavy atom. The van der Waals surface area contributed by atoms with E-state index in [9.17, 15) is 13.5 Å². The van der Waals surface area contributed by atoms with Gasteiger partial charge in [0.25, 0.3) is 0 Å². The number of rotatable bonds is 9. The quantitative estimate of drug-likeness (QED) is 0.438. The molecule has 1 aromatic heterocycles. The van der Waals surface area contributed by atoms with E-state index in [2.05, 4.69) is 25.5 Å². The van der Waals surface area contributed by atoms with Crippen molar-refractivity contribution in [1.29, 1.82) is 0 Å². The number of likely N-dealkylation sites (N-methyl/N-ethyl adjacent to an activating group) is 1. The summed E-state index contributed by atoms with van der Waals surface area (Å²) in [4.78, 5) is 11.2. The Balaban J connectivity index is 1.39. The fraction of sp³-hybridized carbons (Fsp3) is 0.304. The van der Waals surface area contributed by atoms with Gasteiger partial charge in [-0.05, 0) is 68.4 Å². The minimum atomic E-state index is -3.55. The van der Waals surface area contributed by atoms with Gasteiger partial charge in [0.1, 0.15) is 11.6 Å². The largest absolute Gasteiger partial charge is 0.508 e. The van der Waals surface area contributed by atoms with E-state index < -0.39 is 10.0 Å². The molecule has 10 heteroatoms. The Morgan fingerprint density at radius 1 is 1.03 bits per heavy atom. The molecule has 1 aliphatic rings. The zero-order chi connectivity index (χ0) is 23.3. The lowest BCUT2D eigenvalue weighted by molar-refractivity contribution is 0.310. The third kappa shape index (κ3) is 5.98. The lowest BCUT2D eigenvalue weighted by atomic mass is 10.3. The second-order valence-corrected chi connectivity index (χ2v) is 10.0. The van der Waals surface area contributed by atoms with Crippen LogP contribution in [0.3, 0.4) is 0 Å². The Kier molecular flexibility index (Phi) is 7.07.